The van der Waals surface area contributed by atoms with Crippen LogP contribution in [-0.2, 0) is 0 Å². The van der Waals surface area contributed by atoms with Gasteiger partial charge in [-0.2, -0.15) is 4.98 Å². The summed E-state index contributed by atoms with van der Waals surface area (Å²) in [6, 6.07) is 18.8. The van der Waals surface area contributed by atoms with Crippen molar-refractivity contribution in [2.24, 2.45) is 0 Å². The fourth-order valence-electron chi connectivity index (χ4n) is 2.43. The first-order chi connectivity index (χ1) is 12.6. The molecular weight excluding hydrogens is 326 g/mol. The molecule has 0 spiro atoms. The van der Waals surface area contributed by atoms with Gasteiger partial charge in [-0.1, -0.05) is 30.3 Å². The summed E-state index contributed by atoms with van der Waals surface area (Å²) in [4.78, 5) is 11.3. The van der Waals surface area contributed by atoms with E-state index in [0.29, 0.717) is 11.8 Å². The number of likely N-dealkylation sites (N-methyl/N-ethyl adjacent to an activating group) is 1. The molecule has 0 amide bonds. The lowest BCUT2D eigenvalue weighted by Gasteiger charge is -2.13. The molecule has 0 aliphatic carbocycles. The summed E-state index contributed by atoms with van der Waals surface area (Å²) in [5.74, 6) is 1.50. The molecule has 0 atom stereocenters. The zero-order valence-electron chi connectivity index (χ0n) is 15.0. The second-order valence-corrected chi connectivity index (χ2v) is 6.23. The lowest BCUT2D eigenvalue weighted by Crippen LogP contribution is -2.21. The van der Waals surface area contributed by atoms with Gasteiger partial charge in [0.2, 0.25) is 5.95 Å². The first kappa shape index (κ1) is 17.7. The van der Waals surface area contributed by atoms with Crippen molar-refractivity contribution in [3.8, 4) is 17.0 Å². The predicted octanol–water partition coefficient (Wildman–Crippen LogP) is 3.57. The van der Waals surface area contributed by atoms with Gasteiger partial charge in [0.15, 0.2) is 0 Å². The fraction of sp³-hybridized carbons (Fsp3) is 0.200. The Hall–Kier alpha value is -3.12. The smallest absolute Gasteiger partial charge is 0.225 e. The normalized spacial score (nSPS) is 10.7. The van der Waals surface area contributed by atoms with Crippen LogP contribution in [0.2, 0.25) is 0 Å². The van der Waals surface area contributed by atoms with E-state index in [1.165, 1.54) is 0 Å². The van der Waals surface area contributed by atoms with Crippen molar-refractivity contribution < 1.29 is 5.11 Å². The molecule has 0 unspecified atom stereocenters. The van der Waals surface area contributed by atoms with Crippen LogP contribution in [0.15, 0.2) is 60.7 Å². The molecule has 0 radical (unpaired) electrons. The average molecular weight is 349 g/mol. The van der Waals surface area contributed by atoms with Crippen LogP contribution in [0.25, 0.3) is 11.3 Å². The van der Waals surface area contributed by atoms with Gasteiger partial charge in [0.25, 0.3) is 0 Å². The Kier molecular flexibility index (Phi) is 5.66. The standard InChI is InChI=1S/C20H23N5O/c1-25(2)13-12-21-20-23-18(15-6-4-3-5-7-15)14-19(24-20)22-16-8-10-17(26)11-9-16/h3-11,14,26H,12-13H2,1-2H3,(H2,21,22,23,24). The minimum atomic E-state index is 0.231. The molecule has 134 valence electrons. The minimum Gasteiger partial charge on any atom is -0.508 e. The Labute approximate surface area is 153 Å². The van der Waals surface area contributed by atoms with Crippen molar-refractivity contribution in [2.75, 3.05) is 37.8 Å². The number of hydrogen-bond acceptors (Lipinski definition) is 6. The number of hydrogen-bond donors (Lipinski definition) is 3. The second-order valence-electron chi connectivity index (χ2n) is 6.23. The molecule has 0 bridgehead atoms. The minimum absolute atomic E-state index is 0.231. The van der Waals surface area contributed by atoms with E-state index in [-0.39, 0.29) is 5.75 Å². The number of phenolic OH excluding ortho intramolecular Hbond substituents is 1. The Morgan fingerprint density at radius 2 is 1.69 bits per heavy atom. The Morgan fingerprint density at radius 3 is 2.38 bits per heavy atom. The molecule has 0 aliphatic heterocycles. The van der Waals surface area contributed by atoms with E-state index in [9.17, 15) is 5.11 Å². The van der Waals surface area contributed by atoms with Gasteiger partial charge in [0.05, 0.1) is 5.69 Å². The summed E-state index contributed by atoms with van der Waals surface area (Å²) >= 11 is 0. The maximum absolute atomic E-state index is 9.43. The van der Waals surface area contributed by atoms with E-state index in [0.717, 1.165) is 30.0 Å². The molecule has 3 aromatic rings. The molecule has 2 aromatic carbocycles. The average Bonchev–Trinajstić information content (AvgIpc) is 2.64. The second kappa shape index (κ2) is 8.31. The van der Waals surface area contributed by atoms with Crippen LogP contribution in [0, 0.1) is 0 Å². The van der Waals surface area contributed by atoms with Gasteiger partial charge in [-0.05, 0) is 38.4 Å². The highest BCUT2D eigenvalue weighted by Crippen LogP contribution is 2.24. The lowest BCUT2D eigenvalue weighted by molar-refractivity contribution is 0.425. The van der Waals surface area contributed by atoms with Crippen molar-refractivity contribution in [1.82, 2.24) is 14.9 Å². The molecule has 0 aliphatic rings. The van der Waals surface area contributed by atoms with Crippen LogP contribution in [-0.4, -0.2) is 47.2 Å². The predicted molar refractivity (Wildman–Crippen MR) is 106 cm³/mol. The van der Waals surface area contributed by atoms with Gasteiger partial charge < -0.3 is 20.6 Å². The Balaban J connectivity index is 1.87. The number of nitrogens with one attached hydrogen (secondary N) is 2. The highest BCUT2D eigenvalue weighted by atomic mass is 16.3. The van der Waals surface area contributed by atoms with Crippen LogP contribution in [0.3, 0.4) is 0 Å². The van der Waals surface area contributed by atoms with Gasteiger partial charge in [-0.25, -0.2) is 4.98 Å². The van der Waals surface area contributed by atoms with Crippen molar-refractivity contribution >= 4 is 17.5 Å². The molecule has 6 nitrogen and oxygen atoms in total. The Morgan fingerprint density at radius 1 is 0.962 bits per heavy atom. The summed E-state index contributed by atoms with van der Waals surface area (Å²) in [5, 5.41) is 16.0. The molecule has 3 rings (SSSR count). The summed E-state index contributed by atoms with van der Waals surface area (Å²) in [7, 11) is 4.06. The van der Waals surface area contributed by atoms with Crippen molar-refractivity contribution in [3.05, 3.63) is 60.7 Å². The quantitative estimate of drug-likeness (QED) is 0.566. The summed E-state index contributed by atoms with van der Waals surface area (Å²) < 4.78 is 0. The van der Waals surface area contributed by atoms with Crippen LogP contribution in [0.5, 0.6) is 5.75 Å². The van der Waals surface area contributed by atoms with E-state index >= 15 is 0 Å². The third-order valence-corrected chi connectivity index (χ3v) is 3.78. The number of anilines is 3. The fourth-order valence-corrected chi connectivity index (χ4v) is 2.43. The van der Waals surface area contributed by atoms with Crippen LogP contribution in [0.1, 0.15) is 0 Å². The van der Waals surface area contributed by atoms with Crippen molar-refractivity contribution in [3.63, 3.8) is 0 Å². The summed E-state index contributed by atoms with van der Waals surface area (Å²) in [6.45, 7) is 1.64. The van der Waals surface area contributed by atoms with Gasteiger partial charge in [-0.3, -0.25) is 0 Å². The van der Waals surface area contributed by atoms with Gasteiger partial charge >= 0.3 is 0 Å². The number of aromatic hydroxyl groups is 1. The molecule has 3 N–H and O–H groups in total. The van der Waals surface area contributed by atoms with Crippen LogP contribution in [0.4, 0.5) is 17.5 Å². The van der Waals surface area contributed by atoms with E-state index in [2.05, 4.69) is 25.5 Å². The van der Waals surface area contributed by atoms with Gasteiger partial charge in [0, 0.05) is 30.4 Å². The number of nitrogens with zero attached hydrogens (tertiary/aromatic N) is 3. The van der Waals surface area contributed by atoms with E-state index in [1.54, 1.807) is 24.3 Å². The van der Waals surface area contributed by atoms with Crippen LogP contribution >= 0.6 is 0 Å². The molecule has 1 aromatic heterocycles. The molecule has 0 saturated carbocycles. The molecular formula is C20H23N5O. The maximum Gasteiger partial charge on any atom is 0.225 e. The highest BCUT2D eigenvalue weighted by Gasteiger charge is 2.07. The SMILES string of the molecule is CN(C)CCNc1nc(Nc2ccc(O)cc2)cc(-c2ccccc2)n1. The van der Waals surface area contributed by atoms with E-state index < -0.39 is 0 Å². The highest BCUT2D eigenvalue weighted by molar-refractivity contribution is 5.67. The van der Waals surface area contributed by atoms with Crippen molar-refractivity contribution in [2.45, 2.75) is 0 Å². The zero-order chi connectivity index (χ0) is 18.4. The maximum atomic E-state index is 9.43. The topological polar surface area (TPSA) is 73.3 Å². The Bertz CT molecular complexity index is 835. The first-order valence-electron chi connectivity index (χ1n) is 8.49. The monoisotopic (exact) mass is 349 g/mol. The molecule has 1 heterocycles. The van der Waals surface area contributed by atoms with Crippen LogP contribution < -0.4 is 10.6 Å². The number of rotatable bonds is 7. The molecule has 0 fully saturated rings. The van der Waals surface area contributed by atoms with Gasteiger partial charge in [-0.15, -0.1) is 0 Å². The molecule has 6 heteroatoms. The lowest BCUT2D eigenvalue weighted by atomic mass is 10.1. The first-order valence-corrected chi connectivity index (χ1v) is 8.49. The molecule has 0 saturated heterocycles. The third kappa shape index (κ3) is 4.94. The summed E-state index contributed by atoms with van der Waals surface area (Å²) in [6.07, 6.45) is 0. The number of aromatic nitrogens is 2. The largest absolute Gasteiger partial charge is 0.508 e. The van der Waals surface area contributed by atoms with E-state index in [4.69, 9.17) is 0 Å². The van der Waals surface area contributed by atoms with Gasteiger partial charge in [0.1, 0.15) is 11.6 Å². The third-order valence-electron chi connectivity index (χ3n) is 3.78. The number of benzene rings is 2. The summed E-state index contributed by atoms with van der Waals surface area (Å²) in [5.41, 5.74) is 2.72. The van der Waals surface area contributed by atoms with Crippen molar-refractivity contribution in [1.29, 1.82) is 0 Å². The molecule has 26 heavy (non-hydrogen) atoms. The number of phenols is 1. The zero-order valence-corrected chi connectivity index (χ0v) is 15.0. The van der Waals surface area contributed by atoms with E-state index in [1.807, 2.05) is 50.5 Å².